The van der Waals surface area contributed by atoms with Gasteiger partial charge in [0.25, 0.3) is 0 Å². The van der Waals surface area contributed by atoms with Crippen LogP contribution in [0.1, 0.15) is 19.5 Å². The molecule has 0 atom stereocenters. The molecule has 0 spiro atoms. The minimum Gasteiger partial charge on any atom is -0.363 e. The van der Waals surface area contributed by atoms with Crippen molar-refractivity contribution in [2.24, 2.45) is 0 Å². The molecule has 9 heteroatoms. The Morgan fingerprint density at radius 2 is 1.95 bits per heavy atom. The lowest BCUT2D eigenvalue weighted by atomic mass is 10.3. The van der Waals surface area contributed by atoms with E-state index < -0.39 is 19.9 Å². The Bertz CT molecular complexity index is 678. The summed E-state index contributed by atoms with van der Waals surface area (Å²) in [5, 5.41) is 3.20. The molecule has 0 aliphatic carbocycles. The molecule has 120 valence electrons. The number of sulfonamides is 1. The fraction of sp³-hybridized carbons (Fsp3) is 0.667. The van der Waals surface area contributed by atoms with E-state index in [0.29, 0.717) is 12.6 Å². The molecular formula is C12H21N3O4S2. The fourth-order valence-corrected chi connectivity index (χ4v) is 4.96. The second-order valence-electron chi connectivity index (χ2n) is 5.45. The molecule has 1 aliphatic rings. The normalized spacial score (nSPS) is 20.0. The molecule has 0 radical (unpaired) electrons. The molecule has 0 amide bonds. The fourth-order valence-electron chi connectivity index (χ4n) is 2.07. The average Bonchev–Trinajstić information content (AvgIpc) is 2.85. The van der Waals surface area contributed by atoms with Crippen LogP contribution >= 0.6 is 0 Å². The molecule has 21 heavy (non-hydrogen) atoms. The molecule has 0 saturated carbocycles. The van der Waals surface area contributed by atoms with Crippen molar-refractivity contribution in [2.75, 3.05) is 24.6 Å². The van der Waals surface area contributed by atoms with Gasteiger partial charge in [-0.25, -0.2) is 16.8 Å². The first-order valence-electron chi connectivity index (χ1n) is 6.82. The second kappa shape index (κ2) is 6.07. The summed E-state index contributed by atoms with van der Waals surface area (Å²) < 4.78 is 48.9. The molecule has 1 aromatic heterocycles. The number of hydrogen-bond acceptors (Lipinski definition) is 5. The Hall–Kier alpha value is -0.900. The summed E-state index contributed by atoms with van der Waals surface area (Å²) in [5.41, 5.74) is 0.784. The molecule has 0 aromatic carbocycles. The molecule has 7 nitrogen and oxygen atoms in total. The minimum atomic E-state index is -3.62. The quantitative estimate of drug-likeness (QED) is 0.785. The van der Waals surface area contributed by atoms with Gasteiger partial charge >= 0.3 is 0 Å². The Morgan fingerprint density at radius 3 is 2.52 bits per heavy atom. The number of aromatic nitrogens is 1. The number of sulfone groups is 1. The maximum Gasteiger partial charge on any atom is 0.244 e. The van der Waals surface area contributed by atoms with Crippen LogP contribution in [0.2, 0.25) is 0 Å². The average molecular weight is 335 g/mol. The lowest BCUT2D eigenvalue weighted by Gasteiger charge is -2.25. The lowest BCUT2D eigenvalue weighted by molar-refractivity contribution is 0.431. The highest BCUT2D eigenvalue weighted by Gasteiger charge is 2.31. The highest BCUT2D eigenvalue weighted by atomic mass is 32.2. The predicted molar refractivity (Wildman–Crippen MR) is 80.2 cm³/mol. The van der Waals surface area contributed by atoms with Crippen molar-refractivity contribution >= 4 is 19.9 Å². The monoisotopic (exact) mass is 335 g/mol. The van der Waals surface area contributed by atoms with Gasteiger partial charge < -0.3 is 10.3 Å². The first kappa shape index (κ1) is 16.5. The first-order valence-corrected chi connectivity index (χ1v) is 10.1. The number of nitrogens with zero attached hydrogens (tertiary/aromatic N) is 1. The van der Waals surface area contributed by atoms with Crippen molar-refractivity contribution in [2.45, 2.75) is 31.3 Å². The zero-order valence-electron chi connectivity index (χ0n) is 12.2. The third-order valence-corrected chi connectivity index (χ3v) is 6.84. The number of aromatic amines is 1. The van der Waals surface area contributed by atoms with Crippen LogP contribution in [0.4, 0.5) is 0 Å². The molecule has 0 bridgehead atoms. The zero-order valence-corrected chi connectivity index (χ0v) is 13.8. The number of nitrogens with one attached hydrogen (secondary N) is 2. The summed E-state index contributed by atoms with van der Waals surface area (Å²) in [6, 6.07) is 1.90. The standard InChI is InChI=1S/C12H21N3O4S2/c1-10(2)13-8-11-7-12(9-14-11)21(18,19)15-3-5-20(16,17)6-4-15/h7,9-10,13-14H,3-6,8H2,1-2H3. The van der Waals surface area contributed by atoms with Gasteiger partial charge in [0.15, 0.2) is 9.84 Å². The van der Waals surface area contributed by atoms with Crippen LogP contribution in [0.25, 0.3) is 0 Å². The van der Waals surface area contributed by atoms with E-state index in [1.165, 1.54) is 10.5 Å². The van der Waals surface area contributed by atoms with Gasteiger partial charge in [0.1, 0.15) is 0 Å². The van der Waals surface area contributed by atoms with Crippen molar-refractivity contribution in [1.82, 2.24) is 14.6 Å². The Labute approximate surface area is 125 Å². The molecule has 0 unspecified atom stereocenters. The van der Waals surface area contributed by atoms with E-state index in [2.05, 4.69) is 10.3 Å². The van der Waals surface area contributed by atoms with Crippen molar-refractivity contribution in [3.63, 3.8) is 0 Å². The number of rotatable bonds is 5. The van der Waals surface area contributed by atoms with E-state index in [9.17, 15) is 16.8 Å². The molecule has 2 N–H and O–H groups in total. The van der Waals surface area contributed by atoms with Crippen LogP contribution in [0.15, 0.2) is 17.2 Å². The second-order valence-corrected chi connectivity index (χ2v) is 9.69. The summed E-state index contributed by atoms with van der Waals surface area (Å²) in [7, 11) is -6.72. The SMILES string of the molecule is CC(C)NCc1cc(S(=O)(=O)N2CCS(=O)(=O)CC2)c[nH]1. The van der Waals surface area contributed by atoms with E-state index in [4.69, 9.17) is 0 Å². The summed E-state index contributed by atoms with van der Waals surface area (Å²) in [4.78, 5) is 3.12. The van der Waals surface area contributed by atoms with Crippen LogP contribution in [0.3, 0.4) is 0 Å². The van der Waals surface area contributed by atoms with Crippen molar-refractivity contribution < 1.29 is 16.8 Å². The Balaban J connectivity index is 2.10. The number of H-pyrrole nitrogens is 1. The smallest absolute Gasteiger partial charge is 0.244 e. The zero-order chi connectivity index (χ0) is 15.7. The highest BCUT2D eigenvalue weighted by molar-refractivity contribution is 7.92. The van der Waals surface area contributed by atoms with E-state index in [1.807, 2.05) is 13.8 Å². The lowest BCUT2D eigenvalue weighted by Crippen LogP contribution is -2.43. The van der Waals surface area contributed by atoms with Gasteiger partial charge in [-0.05, 0) is 6.07 Å². The highest BCUT2D eigenvalue weighted by Crippen LogP contribution is 2.19. The van der Waals surface area contributed by atoms with E-state index in [-0.39, 0.29) is 29.5 Å². The largest absolute Gasteiger partial charge is 0.363 e. The van der Waals surface area contributed by atoms with Gasteiger partial charge in [-0.15, -0.1) is 0 Å². The predicted octanol–water partition coefficient (Wildman–Crippen LogP) is -0.0682. The van der Waals surface area contributed by atoms with Crippen LogP contribution in [0, 0.1) is 0 Å². The molecule has 1 fully saturated rings. The molecular weight excluding hydrogens is 314 g/mol. The van der Waals surface area contributed by atoms with Gasteiger partial charge in [0.05, 0.1) is 16.4 Å². The van der Waals surface area contributed by atoms with Crippen LogP contribution in [-0.2, 0) is 26.4 Å². The topological polar surface area (TPSA) is 99.3 Å². The Morgan fingerprint density at radius 1 is 1.33 bits per heavy atom. The third kappa shape index (κ3) is 4.06. The summed E-state index contributed by atoms with van der Waals surface area (Å²) in [6.07, 6.45) is 1.45. The first-order chi connectivity index (χ1) is 9.71. The van der Waals surface area contributed by atoms with E-state index in [0.717, 1.165) is 5.69 Å². The summed E-state index contributed by atoms with van der Waals surface area (Å²) >= 11 is 0. The summed E-state index contributed by atoms with van der Waals surface area (Å²) in [6.45, 7) is 4.62. The molecule has 1 aliphatic heterocycles. The third-order valence-electron chi connectivity index (χ3n) is 3.36. The molecule has 2 rings (SSSR count). The van der Waals surface area contributed by atoms with E-state index >= 15 is 0 Å². The molecule has 1 aromatic rings. The Kier molecular flexibility index (Phi) is 4.76. The maximum atomic E-state index is 12.4. The molecule has 2 heterocycles. The van der Waals surface area contributed by atoms with Crippen molar-refractivity contribution in [3.8, 4) is 0 Å². The van der Waals surface area contributed by atoms with E-state index in [1.54, 1.807) is 6.07 Å². The van der Waals surface area contributed by atoms with Crippen molar-refractivity contribution in [3.05, 3.63) is 18.0 Å². The van der Waals surface area contributed by atoms with Gasteiger partial charge in [0, 0.05) is 37.6 Å². The van der Waals surface area contributed by atoms with Gasteiger partial charge in [-0.3, -0.25) is 0 Å². The number of hydrogen-bond donors (Lipinski definition) is 2. The van der Waals surface area contributed by atoms with Gasteiger partial charge in [-0.1, -0.05) is 13.8 Å². The van der Waals surface area contributed by atoms with Crippen LogP contribution < -0.4 is 5.32 Å². The summed E-state index contributed by atoms with van der Waals surface area (Å²) in [5.74, 6) is -0.225. The maximum absolute atomic E-state index is 12.4. The van der Waals surface area contributed by atoms with Gasteiger partial charge in [-0.2, -0.15) is 4.31 Å². The van der Waals surface area contributed by atoms with Crippen molar-refractivity contribution in [1.29, 1.82) is 0 Å². The van der Waals surface area contributed by atoms with Crippen LogP contribution in [0.5, 0.6) is 0 Å². The van der Waals surface area contributed by atoms with Gasteiger partial charge in [0.2, 0.25) is 10.0 Å². The minimum absolute atomic E-state index is 0.0232. The van der Waals surface area contributed by atoms with Crippen LogP contribution in [-0.4, -0.2) is 56.8 Å². The molecule has 1 saturated heterocycles.